The monoisotopic (exact) mass is 585 g/mol. The third kappa shape index (κ3) is 6.58. The van der Waals surface area contributed by atoms with E-state index < -0.39 is 18.6 Å². The van der Waals surface area contributed by atoms with Crippen LogP contribution in [0, 0.1) is 12.7 Å². The summed E-state index contributed by atoms with van der Waals surface area (Å²) < 4.78 is 63.4. The average Bonchev–Trinajstić information content (AvgIpc) is 2.83. The van der Waals surface area contributed by atoms with Crippen LogP contribution in [-0.2, 0) is 4.79 Å². The van der Waals surface area contributed by atoms with Crippen molar-refractivity contribution < 1.29 is 31.8 Å². The largest absolute Gasteiger partial charge is 0.491 e. The van der Waals surface area contributed by atoms with E-state index in [0.717, 1.165) is 18.7 Å². The molecule has 8 nitrogen and oxygen atoms in total. The summed E-state index contributed by atoms with van der Waals surface area (Å²) in [6, 6.07) is 5.00. The van der Waals surface area contributed by atoms with Crippen LogP contribution < -0.4 is 14.8 Å². The third-order valence-corrected chi connectivity index (χ3v) is 6.44. The van der Waals surface area contributed by atoms with Crippen LogP contribution in [0.25, 0.3) is 10.9 Å². The Bertz CT molecular complexity index is 1310. The Morgan fingerprint density at radius 1 is 1.16 bits per heavy atom. The van der Waals surface area contributed by atoms with E-state index in [1.807, 2.05) is 11.8 Å². The Morgan fingerprint density at radius 2 is 1.95 bits per heavy atom. The number of aromatic nitrogens is 2. The van der Waals surface area contributed by atoms with E-state index in [2.05, 4.69) is 31.2 Å². The Labute approximate surface area is 218 Å². The summed E-state index contributed by atoms with van der Waals surface area (Å²) in [5.74, 6) is -0.168. The minimum absolute atomic E-state index is 0.0570. The maximum absolute atomic E-state index is 13.8. The summed E-state index contributed by atoms with van der Waals surface area (Å²) in [6.45, 7) is 2.85. The molecule has 0 bridgehead atoms. The van der Waals surface area contributed by atoms with Crippen LogP contribution in [0.5, 0.6) is 11.5 Å². The molecule has 0 saturated carbocycles. The first-order valence-electron chi connectivity index (χ1n) is 11.3. The number of benzene rings is 2. The molecule has 2 aromatic carbocycles. The number of halogens is 5. The number of hydrogen-bond donors (Lipinski definition) is 1. The van der Waals surface area contributed by atoms with Gasteiger partial charge in [0.2, 0.25) is 5.91 Å². The average molecular weight is 586 g/mol. The zero-order valence-electron chi connectivity index (χ0n) is 20.0. The molecule has 3 aromatic rings. The van der Waals surface area contributed by atoms with Gasteiger partial charge >= 0.3 is 6.18 Å². The lowest BCUT2D eigenvalue weighted by molar-refractivity contribution is -0.153. The molecule has 2 heterocycles. The van der Waals surface area contributed by atoms with Crippen molar-refractivity contribution in [2.45, 2.75) is 13.1 Å². The number of aryl methyl sites for hydroxylation is 1. The lowest BCUT2D eigenvalue weighted by Gasteiger charge is -2.31. The summed E-state index contributed by atoms with van der Waals surface area (Å²) in [5.41, 5.74) is 1.34. The lowest BCUT2D eigenvalue weighted by atomic mass is 10.1. The van der Waals surface area contributed by atoms with Crippen molar-refractivity contribution >= 4 is 44.2 Å². The smallest absolute Gasteiger partial charge is 0.422 e. The molecule has 1 aliphatic heterocycles. The highest BCUT2D eigenvalue weighted by Gasteiger charge is 2.29. The zero-order valence-corrected chi connectivity index (χ0v) is 21.6. The second-order valence-electron chi connectivity index (χ2n) is 8.54. The van der Waals surface area contributed by atoms with Crippen molar-refractivity contribution in [1.29, 1.82) is 0 Å². The number of hydrogen-bond acceptors (Lipinski definition) is 7. The molecule has 4 rings (SSSR count). The Hall–Kier alpha value is -3.19. The number of rotatable bonds is 8. The number of nitrogens with one attached hydrogen (secondary N) is 1. The number of amides is 1. The first-order chi connectivity index (χ1) is 17.5. The first-order valence-corrected chi connectivity index (χ1v) is 12.1. The van der Waals surface area contributed by atoms with Gasteiger partial charge < -0.3 is 19.7 Å². The van der Waals surface area contributed by atoms with Crippen LogP contribution in [0.3, 0.4) is 0 Å². The summed E-state index contributed by atoms with van der Waals surface area (Å²) in [4.78, 5) is 24.2. The molecule has 0 aliphatic carbocycles. The normalized spacial score (nSPS) is 14.8. The van der Waals surface area contributed by atoms with Gasteiger partial charge in [-0.1, -0.05) is 0 Å². The zero-order chi connectivity index (χ0) is 26.7. The molecule has 198 valence electrons. The third-order valence-electron chi connectivity index (χ3n) is 5.85. The number of nitrogens with zero attached hydrogens (tertiary/aromatic N) is 4. The topological polar surface area (TPSA) is 79.8 Å². The fourth-order valence-electron chi connectivity index (χ4n) is 3.91. The fourth-order valence-corrected chi connectivity index (χ4v) is 4.54. The fraction of sp³-hybridized carbons (Fsp3) is 0.375. The molecule has 13 heteroatoms. The van der Waals surface area contributed by atoms with Gasteiger partial charge in [-0.25, -0.2) is 14.4 Å². The highest BCUT2D eigenvalue weighted by molar-refractivity contribution is 9.10. The molecule has 1 amide bonds. The van der Waals surface area contributed by atoms with Crippen LogP contribution in [0.1, 0.15) is 5.56 Å². The first kappa shape index (κ1) is 26.9. The summed E-state index contributed by atoms with van der Waals surface area (Å²) in [7, 11) is 1.77. The van der Waals surface area contributed by atoms with Crippen molar-refractivity contribution in [3.8, 4) is 11.5 Å². The second-order valence-corrected chi connectivity index (χ2v) is 9.39. The van der Waals surface area contributed by atoms with Crippen LogP contribution in [0.2, 0.25) is 0 Å². The molecule has 1 N–H and O–H groups in total. The van der Waals surface area contributed by atoms with Gasteiger partial charge in [0.1, 0.15) is 36.1 Å². The van der Waals surface area contributed by atoms with Crippen molar-refractivity contribution in [1.82, 2.24) is 19.8 Å². The number of carbonyl (C=O) groups excluding carboxylic acids is 1. The number of piperazine rings is 1. The second kappa shape index (κ2) is 11.1. The molecule has 0 unspecified atom stereocenters. The number of fused-ring (bicyclic) bond motifs is 1. The Balaban J connectivity index is 1.58. The number of carbonyl (C=O) groups is 1. The highest BCUT2D eigenvalue weighted by atomic mass is 79.9. The SMILES string of the molecule is Cc1c(OCCN2CCN(C)C(=O)C2)c(Br)cc2ncnc(Nc3ccc(F)cc3OCC(F)(F)F)c12. The standard InChI is InChI=1S/C24H24BrF4N5O3/c1-14-21-18(10-16(25)22(14)36-8-7-34-6-5-33(2)20(35)11-34)30-13-31-23(21)32-17-4-3-15(26)9-19(17)37-12-24(27,28)29/h3-4,9-10,13H,5-8,11-12H2,1-2H3,(H,30,31,32). The van der Waals surface area contributed by atoms with Gasteiger partial charge in [0.15, 0.2) is 6.61 Å². The van der Waals surface area contributed by atoms with E-state index in [1.165, 1.54) is 12.4 Å². The van der Waals surface area contributed by atoms with E-state index in [0.29, 0.717) is 52.9 Å². The van der Waals surface area contributed by atoms with Crippen LogP contribution in [0.15, 0.2) is 35.1 Å². The molecular weight excluding hydrogens is 562 g/mol. The van der Waals surface area contributed by atoms with Crippen LogP contribution >= 0.6 is 15.9 Å². The van der Waals surface area contributed by atoms with E-state index in [4.69, 9.17) is 9.47 Å². The van der Waals surface area contributed by atoms with E-state index >= 15 is 0 Å². The molecule has 0 radical (unpaired) electrons. The van der Waals surface area contributed by atoms with Gasteiger partial charge in [-0.3, -0.25) is 9.69 Å². The van der Waals surface area contributed by atoms with Gasteiger partial charge in [-0.2, -0.15) is 13.2 Å². The Kier molecular flexibility index (Phi) is 8.02. The predicted molar refractivity (Wildman–Crippen MR) is 133 cm³/mol. The van der Waals surface area contributed by atoms with E-state index in [9.17, 15) is 22.4 Å². The van der Waals surface area contributed by atoms with Crippen molar-refractivity contribution in [2.75, 3.05) is 51.8 Å². The summed E-state index contributed by atoms with van der Waals surface area (Å²) >= 11 is 3.51. The molecule has 1 aromatic heterocycles. The molecule has 1 fully saturated rings. The molecule has 1 saturated heterocycles. The van der Waals surface area contributed by atoms with E-state index in [1.54, 1.807) is 18.0 Å². The Morgan fingerprint density at radius 3 is 2.68 bits per heavy atom. The van der Waals surface area contributed by atoms with Gasteiger partial charge in [-0.15, -0.1) is 0 Å². The molecule has 1 aliphatic rings. The van der Waals surface area contributed by atoms with Crippen molar-refractivity contribution in [3.05, 3.63) is 46.4 Å². The molecule has 37 heavy (non-hydrogen) atoms. The van der Waals surface area contributed by atoms with Gasteiger partial charge in [-0.05, 0) is 41.1 Å². The summed E-state index contributed by atoms with van der Waals surface area (Å²) in [6.07, 6.45) is -3.28. The quantitative estimate of drug-likeness (QED) is 0.385. The highest BCUT2D eigenvalue weighted by Crippen LogP contribution is 2.39. The molecule has 0 atom stereocenters. The number of anilines is 2. The van der Waals surface area contributed by atoms with E-state index in [-0.39, 0.29) is 23.2 Å². The summed E-state index contributed by atoms with van der Waals surface area (Å²) in [5, 5.41) is 3.52. The van der Waals surface area contributed by atoms with Gasteiger partial charge in [0, 0.05) is 43.7 Å². The number of alkyl halides is 3. The molecular formula is C24H24BrF4N5O3. The van der Waals surface area contributed by atoms with Gasteiger partial charge in [0.05, 0.1) is 22.2 Å². The van der Waals surface area contributed by atoms with Gasteiger partial charge in [0.25, 0.3) is 0 Å². The van der Waals surface area contributed by atoms with Crippen LogP contribution in [0.4, 0.5) is 29.1 Å². The van der Waals surface area contributed by atoms with Crippen molar-refractivity contribution in [2.24, 2.45) is 0 Å². The predicted octanol–water partition coefficient (Wildman–Crippen LogP) is 4.68. The minimum atomic E-state index is -4.59. The lowest BCUT2D eigenvalue weighted by Crippen LogP contribution is -2.49. The maximum Gasteiger partial charge on any atom is 0.422 e. The van der Waals surface area contributed by atoms with Crippen LogP contribution in [-0.4, -0.2) is 78.3 Å². The minimum Gasteiger partial charge on any atom is -0.491 e. The van der Waals surface area contributed by atoms with Crippen molar-refractivity contribution in [3.63, 3.8) is 0 Å². The number of ether oxygens (including phenoxy) is 2. The number of likely N-dealkylation sites (N-methyl/N-ethyl adjacent to an activating group) is 1. The maximum atomic E-state index is 13.8. The molecule has 0 spiro atoms.